The van der Waals surface area contributed by atoms with Crippen molar-refractivity contribution in [2.45, 2.75) is 0 Å². The summed E-state index contributed by atoms with van der Waals surface area (Å²) in [7, 11) is 0. The van der Waals surface area contributed by atoms with E-state index >= 15 is 0 Å². The van der Waals surface area contributed by atoms with Gasteiger partial charge in [0.05, 0.1) is 11.5 Å². The zero-order chi connectivity index (χ0) is 16.9. The molecule has 2 aromatic carbocycles. The molecule has 0 radical (unpaired) electrons. The van der Waals surface area contributed by atoms with E-state index in [1.54, 1.807) is 12.1 Å². The third kappa shape index (κ3) is 3.78. The lowest BCUT2D eigenvalue weighted by atomic mass is 10.1. The van der Waals surface area contributed by atoms with Crippen LogP contribution >= 0.6 is 0 Å². The summed E-state index contributed by atoms with van der Waals surface area (Å²) < 4.78 is 0. The van der Waals surface area contributed by atoms with Gasteiger partial charge in [-0.05, 0) is 12.1 Å². The number of nitro groups is 1. The molecule has 3 rings (SSSR count). The number of rotatable bonds is 5. The highest BCUT2D eigenvalue weighted by atomic mass is 16.6. The molecule has 0 aliphatic carbocycles. The summed E-state index contributed by atoms with van der Waals surface area (Å²) in [6.07, 6.45) is 0. The zero-order valence-electron chi connectivity index (χ0n) is 13.3. The number of non-ortho nitro benzene ring substituents is 1. The fourth-order valence-corrected chi connectivity index (χ4v) is 2.89. The number of nitrogens with zero attached hydrogens (tertiary/aromatic N) is 3. The molecule has 1 heterocycles. The summed E-state index contributed by atoms with van der Waals surface area (Å²) >= 11 is 0. The molecule has 6 nitrogen and oxygen atoms in total. The zero-order valence-corrected chi connectivity index (χ0v) is 13.3. The van der Waals surface area contributed by atoms with E-state index in [-0.39, 0.29) is 11.5 Å². The Labute approximate surface area is 140 Å². The standard InChI is InChI=1S/C18H19N3O3/c22-18(15-5-4-8-17(13-15)21(23)24)14-19-9-11-20(12-10-19)16-6-2-1-3-7-16/h1-8,13H,9-12,14H2. The molecule has 0 amide bonds. The number of hydrogen-bond acceptors (Lipinski definition) is 5. The highest BCUT2D eigenvalue weighted by Gasteiger charge is 2.20. The molecule has 6 heteroatoms. The lowest BCUT2D eigenvalue weighted by Crippen LogP contribution is -2.48. The van der Waals surface area contributed by atoms with Gasteiger partial charge in [0.1, 0.15) is 0 Å². The molecule has 2 aromatic rings. The first-order valence-electron chi connectivity index (χ1n) is 7.93. The third-order valence-electron chi connectivity index (χ3n) is 4.24. The van der Waals surface area contributed by atoms with Crippen LogP contribution in [0.15, 0.2) is 54.6 Å². The lowest BCUT2D eigenvalue weighted by molar-refractivity contribution is -0.384. The van der Waals surface area contributed by atoms with Gasteiger partial charge in [-0.1, -0.05) is 30.3 Å². The smallest absolute Gasteiger partial charge is 0.270 e. The largest absolute Gasteiger partial charge is 0.369 e. The number of para-hydroxylation sites is 1. The van der Waals surface area contributed by atoms with Crippen molar-refractivity contribution < 1.29 is 9.72 Å². The van der Waals surface area contributed by atoms with Crippen molar-refractivity contribution in [3.8, 4) is 0 Å². The fraction of sp³-hybridized carbons (Fsp3) is 0.278. The Hall–Kier alpha value is -2.73. The summed E-state index contributed by atoms with van der Waals surface area (Å²) in [5, 5.41) is 10.8. The molecule has 0 spiro atoms. The van der Waals surface area contributed by atoms with Crippen LogP contribution in [-0.4, -0.2) is 48.3 Å². The molecular weight excluding hydrogens is 306 g/mol. The first-order chi connectivity index (χ1) is 11.6. The number of Topliss-reactive ketones (excluding diaryl/α,β-unsaturated/α-hetero) is 1. The van der Waals surface area contributed by atoms with E-state index in [1.165, 1.54) is 17.8 Å². The maximum absolute atomic E-state index is 12.4. The van der Waals surface area contributed by atoms with Gasteiger partial charge in [-0.15, -0.1) is 0 Å². The van der Waals surface area contributed by atoms with E-state index < -0.39 is 4.92 Å². The molecular formula is C18H19N3O3. The molecule has 0 N–H and O–H groups in total. The quantitative estimate of drug-likeness (QED) is 0.480. The van der Waals surface area contributed by atoms with E-state index in [2.05, 4.69) is 21.9 Å². The van der Waals surface area contributed by atoms with Gasteiger partial charge in [0.2, 0.25) is 0 Å². The first-order valence-corrected chi connectivity index (χ1v) is 7.93. The fourth-order valence-electron chi connectivity index (χ4n) is 2.89. The maximum atomic E-state index is 12.4. The number of nitro benzene ring substituents is 1. The van der Waals surface area contributed by atoms with Crippen LogP contribution in [0.3, 0.4) is 0 Å². The predicted molar refractivity (Wildman–Crippen MR) is 92.5 cm³/mol. The molecule has 24 heavy (non-hydrogen) atoms. The third-order valence-corrected chi connectivity index (χ3v) is 4.24. The van der Waals surface area contributed by atoms with Gasteiger partial charge in [0, 0.05) is 49.6 Å². The summed E-state index contributed by atoms with van der Waals surface area (Å²) in [6.45, 7) is 3.63. The van der Waals surface area contributed by atoms with Crippen LogP contribution < -0.4 is 4.90 Å². The monoisotopic (exact) mass is 325 g/mol. The molecule has 0 saturated carbocycles. The van der Waals surface area contributed by atoms with Crippen LogP contribution in [0.1, 0.15) is 10.4 Å². The Bertz CT molecular complexity index is 725. The van der Waals surface area contributed by atoms with E-state index in [1.807, 2.05) is 18.2 Å². The maximum Gasteiger partial charge on any atom is 0.270 e. The van der Waals surface area contributed by atoms with Crippen LogP contribution in [0, 0.1) is 10.1 Å². The minimum atomic E-state index is -0.477. The molecule has 0 aromatic heterocycles. The second kappa shape index (κ2) is 7.23. The highest BCUT2D eigenvalue weighted by molar-refractivity contribution is 5.98. The Kier molecular flexibility index (Phi) is 4.86. The second-order valence-corrected chi connectivity index (χ2v) is 5.83. The van der Waals surface area contributed by atoms with Gasteiger partial charge in [0.25, 0.3) is 5.69 Å². The van der Waals surface area contributed by atoms with Gasteiger partial charge >= 0.3 is 0 Å². The number of carbonyl (C=O) groups is 1. The van der Waals surface area contributed by atoms with Crippen LogP contribution in [0.25, 0.3) is 0 Å². The van der Waals surface area contributed by atoms with Crippen LogP contribution in [-0.2, 0) is 0 Å². The van der Waals surface area contributed by atoms with Crippen molar-refractivity contribution in [2.75, 3.05) is 37.6 Å². The van der Waals surface area contributed by atoms with Crippen LogP contribution in [0.5, 0.6) is 0 Å². The number of piperazine rings is 1. The van der Waals surface area contributed by atoms with Gasteiger partial charge in [-0.3, -0.25) is 19.8 Å². The van der Waals surface area contributed by atoms with E-state index in [9.17, 15) is 14.9 Å². The number of benzene rings is 2. The number of anilines is 1. The average Bonchev–Trinajstić information content (AvgIpc) is 2.63. The summed E-state index contributed by atoms with van der Waals surface area (Å²) in [4.78, 5) is 27.1. The van der Waals surface area contributed by atoms with Crippen molar-refractivity contribution >= 4 is 17.2 Å². The van der Waals surface area contributed by atoms with Crippen molar-refractivity contribution in [3.63, 3.8) is 0 Å². The Morgan fingerprint density at radius 2 is 1.71 bits per heavy atom. The molecule has 1 aliphatic heterocycles. The van der Waals surface area contributed by atoms with Crippen molar-refractivity contribution in [1.29, 1.82) is 0 Å². The minimum absolute atomic E-state index is 0.0465. The van der Waals surface area contributed by atoms with Crippen molar-refractivity contribution in [3.05, 3.63) is 70.3 Å². The Morgan fingerprint density at radius 3 is 2.38 bits per heavy atom. The average molecular weight is 325 g/mol. The second-order valence-electron chi connectivity index (χ2n) is 5.83. The van der Waals surface area contributed by atoms with E-state index in [0.29, 0.717) is 12.1 Å². The highest BCUT2D eigenvalue weighted by Crippen LogP contribution is 2.17. The van der Waals surface area contributed by atoms with Crippen molar-refractivity contribution in [1.82, 2.24) is 4.90 Å². The van der Waals surface area contributed by atoms with Gasteiger partial charge in [-0.2, -0.15) is 0 Å². The summed E-state index contributed by atoms with van der Waals surface area (Å²) in [5.74, 6) is -0.0770. The van der Waals surface area contributed by atoms with Crippen molar-refractivity contribution in [2.24, 2.45) is 0 Å². The normalized spacial score (nSPS) is 15.2. The first kappa shape index (κ1) is 16.1. The van der Waals surface area contributed by atoms with Crippen LogP contribution in [0.4, 0.5) is 11.4 Å². The van der Waals surface area contributed by atoms with E-state index in [0.717, 1.165) is 26.2 Å². The minimum Gasteiger partial charge on any atom is -0.369 e. The van der Waals surface area contributed by atoms with Gasteiger partial charge in [-0.25, -0.2) is 0 Å². The van der Waals surface area contributed by atoms with Gasteiger partial charge < -0.3 is 4.90 Å². The molecule has 1 aliphatic rings. The number of hydrogen-bond donors (Lipinski definition) is 0. The Balaban J connectivity index is 1.57. The Morgan fingerprint density at radius 1 is 1.00 bits per heavy atom. The SMILES string of the molecule is O=C(CN1CCN(c2ccccc2)CC1)c1cccc([N+](=O)[O-])c1. The summed E-state index contributed by atoms with van der Waals surface area (Å²) in [6, 6.07) is 16.2. The van der Waals surface area contributed by atoms with E-state index in [4.69, 9.17) is 0 Å². The molecule has 0 bridgehead atoms. The molecule has 0 unspecified atom stereocenters. The van der Waals surface area contributed by atoms with Gasteiger partial charge in [0.15, 0.2) is 5.78 Å². The van der Waals surface area contributed by atoms with Crippen LogP contribution in [0.2, 0.25) is 0 Å². The topological polar surface area (TPSA) is 66.7 Å². The molecule has 124 valence electrons. The number of ketones is 1. The summed E-state index contributed by atoms with van der Waals surface area (Å²) in [5.41, 5.74) is 1.55. The lowest BCUT2D eigenvalue weighted by Gasteiger charge is -2.35. The molecule has 0 atom stereocenters. The number of carbonyl (C=O) groups excluding carboxylic acids is 1. The molecule has 1 fully saturated rings. The molecule has 1 saturated heterocycles. The predicted octanol–water partition coefficient (Wildman–Crippen LogP) is 2.60.